The molecule has 2 aliphatic rings. The van der Waals surface area contributed by atoms with Gasteiger partial charge in [-0.15, -0.1) is 0 Å². The number of nitro benzene ring substituents is 1. The van der Waals surface area contributed by atoms with Gasteiger partial charge in [-0.1, -0.05) is 30.3 Å². The van der Waals surface area contributed by atoms with Crippen LogP contribution < -0.4 is 5.32 Å². The summed E-state index contributed by atoms with van der Waals surface area (Å²) in [7, 11) is -2.35. The van der Waals surface area contributed by atoms with E-state index in [0.717, 1.165) is 0 Å². The Kier molecular flexibility index (Phi) is 9.21. The van der Waals surface area contributed by atoms with Gasteiger partial charge >= 0.3 is 11.9 Å². The first-order valence-electron chi connectivity index (χ1n) is 13.0. The van der Waals surface area contributed by atoms with Crippen LogP contribution in [0.3, 0.4) is 0 Å². The number of ether oxygens (including phenoxy) is 2. The highest BCUT2D eigenvalue weighted by Gasteiger charge is 2.38. The summed E-state index contributed by atoms with van der Waals surface area (Å²) in [4.78, 5) is 39.4. The Labute approximate surface area is 238 Å². The first-order valence-corrected chi connectivity index (χ1v) is 14.4. The van der Waals surface area contributed by atoms with Gasteiger partial charge in [-0.25, -0.2) is 18.0 Å². The number of carbonyl (C=O) groups is 2. The summed E-state index contributed by atoms with van der Waals surface area (Å²) in [6.45, 7) is 5.30. The maximum absolute atomic E-state index is 13.4. The number of esters is 2. The third kappa shape index (κ3) is 6.47. The minimum atomic E-state index is -3.58. The molecule has 12 nitrogen and oxygen atoms in total. The SMILES string of the molecule is COC(=O)C1=C(C)NC(C)=C(C(=O)OCCN2CCN(S(=O)(=O)c3ccccc3)CC2)C1c1cccc([N+](=O)[O-])c1. The molecular formula is C28H32N4O8S. The van der Waals surface area contributed by atoms with Crippen molar-refractivity contribution in [2.45, 2.75) is 24.7 Å². The Morgan fingerprint density at radius 1 is 0.976 bits per heavy atom. The first kappa shape index (κ1) is 29.9. The van der Waals surface area contributed by atoms with Crippen LogP contribution in [-0.4, -0.2) is 80.9 Å². The number of dihydropyridines is 1. The molecule has 0 aliphatic carbocycles. The van der Waals surface area contributed by atoms with Crippen molar-refractivity contribution in [3.8, 4) is 0 Å². The smallest absolute Gasteiger partial charge is 0.336 e. The second kappa shape index (κ2) is 12.6. The zero-order valence-corrected chi connectivity index (χ0v) is 23.8. The number of rotatable bonds is 9. The van der Waals surface area contributed by atoms with Crippen LogP contribution in [-0.2, 0) is 29.1 Å². The highest BCUT2D eigenvalue weighted by Crippen LogP contribution is 2.40. The molecule has 1 atom stereocenters. The standard InChI is InChI=1S/C28H32N4O8S/c1-19-24(27(33)39-3)26(21-8-7-9-22(18-21)32(35)36)25(20(2)29-19)28(34)40-17-16-30-12-14-31(15-13-30)41(37,38)23-10-5-4-6-11-23/h4-11,18,26,29H,12-17H2,1-3H3. The van der Waals surface area contributed by atoms with Gasteiger partial charge in [0.2, 0.25) is 10.0 Å². The van der Waals surface area contributed by atoms with E-state index in [4.69, 9.17) is 9.47 Å². The zero-order chi connectivity index (χ0) is 29.7. The summed E-state index contributed by atoms with van der Waals surface area (Å²) in [5.41, 5.74) is 1.42. The number of piperazine rings is 1. The number of allylic oxidation sites excluding steroid dienone is 2. The van der Waals surface area contributed by atoms with Gasteiger partial charge in [0.25, 0.3) is 5.69 Å². The molecular weight excluding hydrogens is 552 g/mol. The molecule has 0 spiro atoms. The van der Waals surface area contributed by atoms with Crippen molar-refractivity contribution in [1.29, 1.82) is 0 Å². The molecule has 0 bridgehead atoms. The molecule has 0 aromatic heterocycles. The molecule has 2 aromatic rings. The molecule has 0 radical (unpaired) electrons. The van der Waals surface area contributed by atoms with Gasteiger partial charge in [-0.05, 0) is 31.5 Å². The third-order valence-electron chi connectivity index (χ3n) is 7.15. The highest BCUT2D eigenvalue weighted by atomic mass is 32.2. The summed E-state index contributed by atoms with van der Waals surface area (Å²) in [5.74, 6) is -2.29. The Bertz CT molecular complexity index is 1500. The van der Waals surface area contributed by atoms with E-state index in [1.54, 1.807) is 50.2 Å². The average Bonchev–Trinajstić information content (AvgIpc) is 2.97. The fourth-order valence-corrected chi connectivity index (χ4v) is 6.52. The summed E-state index contributed by atoms with van der Waals surface area (Å²) in [6, 6.07) is 14.0. The fourth-order valence-electron chi connectivity index (χ4n) is 5.08. The lowest BCUT2D eigenvalue weighted by Crippen LogP contribution is -2.49. The van der Waals surface area contributed by atoms with Crippen LogP contribution in [0.25, 0.3) is 0 Å². The molecule has 1 unspecified atom stereocenters. The van der Waals surface area contributed by atoms with E-state index in [1.807, 2.05) is 4.90 Å². The largest absolute Gasteiger partial charge is 0.466 e. The first-order chi connectivity index (χ1) is 19.5. The minimum absolute atomic E-state index is 0.0267. The Morgan fingerprint density at radius 3 is 2.22 bits per heavy atom. The number of hydrogen-bond acceptors (Lipinski definition) is 10. The monoisotopic (exact) mass is 584 g/mol. The van der Waals surface area contributed by atoms with Gasteiger partial charge in [0.05, 0.1) is 34.0 Å². The van der Waals surface area contributed by atoms with Gasteiger partial charge in [0.1, 0.15) is 6.61 Å². The number of nitro groups is 1. The molecule has 218 valence electrons. The number of hydrogen-bond donors (Lipinski definition) is 1. The lowest BCUT2D eigenvalue weighted by Gasteiger charge is -2.34. The van der Waals surface area contributed by atoms with Crippen molar-refractivity contribution in [3.05, 3.63) is 92.8 Å². The number of carbonyl (C=O) groups excluding carboxylic acids is 2. The van der Waals surface area contributed by atoms with Crippen molar-refractivity contribution in [1.82, 2.24) is 14.5 Å². The number of nitrogens with one attached hydrogen (secondary N) is 1. The molecule has 0 saturated carbocycles. The Morgan fingerprint density at radius 2 is 1.61 bits per heavy atom. The Balaban J connectivity index is 1.45. The molecule has 4 rings (SSSR count). The van der Waals surface area contributed by atoms with Crippen molar-refractivity contribution >= 4 is 27.6 Å². The van der Waals surface area contributed by atoms with E-state index >= 15 is 0 Å². The van der Waals surface area contributed by atoms with Crippen LogP contribution in [0, 0.1) is 10.1 Å². The summed E-state index contributed by atoms with van der Waals surface area (Å²) >= 11 is 0. The predicted octanol–water partition coefficient (Wildman–Crippen LogP) is 2.55. The normalized spacial score (nSPS) is 18.6. The van der Waals surface area contributed by atoms with Crippen LogP contribution in [0.15, 0.2) is 82.0 Å². The minimum Gasteiger partial charge on any atom is -0.466 e. The number of nitrogens with zero attached hydrogens (tertiary/aromatic N) is 3. The zero-order valence-electron chi connectivity index (χ0n) is 23.0. The van der Waals surface area contributed by atoms with Crippen molar-refractivity contribution in [2.24, 2.45) is 0 Å². The van der Waals surface area contributed by atoms with E-state index in [0.29, 0.717) is 49.7 Å². The second-order valence-electron chi connectivity index (χ2n) is 9.67. The van der Waals surface area contributed by atoms with E-state index in [-0.39, 0.29) is 28.3 Å². The molecule has 1 fully saturated rings. The molecule has 41 heavy (non-hydrogen) atoms. The summed E-state index contributed by atoms with van der Waals surface area (Å²) < 4.78 is 37.8. The summed E-state index contributed by atoms with van der Waals surface area (Å²) in [6.07, 6.45) is 0. The van der Waals surface area contributed by atoms with E-state index in [1.165, 1.54) is 29.6 Å². The number of sulfonamides is 1. The van der Waals surface area contributed by atoms with E-state index in [2.05, 4.69) is 5.32 Å². The number of benzene rings is 2. The van der Waals surface area contributed by atoms with Crippen LogP contribution in [0.1, 0.15) is 25.3 Å². The van der Waals surface area contributed by atoms with Gasteiger partial charge < -0.3 is 14.8 Å². The summed E-state index contributed by atoms with van der Waals surface area (Å²) in [5, 5.41) is 14.5. The number of non-ortho nitro benzene ring substituents is 1. The predicted molar refractivity (Wildman–Crippen MR) is 149 cm³/mol. The lowest BCUT2D eigenvalue weighted by atomic mass is 9.80. The van der Waals surface area contributed by atoms with Crippen LogP contribution in [0.2, 0.25) is 0 Å². The van der Waals surface area contributed by atoms with Crippen LogP contribution >= 0.6 is 0 Å². The van der Waals surface area contributed by atoms with E-state index in [9.17, 15) is 28.1 Å². The van der Waals surface area contributed by atoms with Crippen LogP contribution in [0.5, 0.6) is 0 Å². The molecule has 2 heterocycles. The van der Waals surface area contributed by atoms with Gasteiger partial charge in [0.15, 0.2) is 0 Å². The second-order valence-corrected chi connectivity index (χ2v) is 11.6. The van der Waals surface area contributed by atoms with Crippen molar-refractivity contribution in [3.63, 3.8) is 0 Å². The maximum atomic E-state index is 13.4. The fraction of sp³-hybridized carbons (Fsp3) is 0.357. The average molecular weight is 585 g/mol. The van der Waals surface area contributed by atoms with Gasteiger partial charge in [-0.3, -0.25) is 15.0 Å². The van der Waals surface area contributed by atoms with Crippen molar-refractivity contribution < 1.29 is 32.4 Å². The molecule has 1 N–H and O–H groups in total. The molecule has 2 aliphatic heterocycles. The van der Waals surface area contributed by atoms with Crippen LogP contribution in [0.4, 0.5) is 5.69 Å². The molecule has 1 saturated heterocycles. The topological polar surface area (TPSA) is 148 Å². The van der Waals surface area contributed by atoms with Gasteiger partial charge in [0, 0.05) is 56.3 Å². The lowest BCUT2D eigenvalue weighted by molar-refractivity contribution is -0.384. The maximum Gasteiger partial charge on any atom is 0.336 e. The third-order valence-corrected chi connectivity index (χ3v) is 9.07. The molecule has 2 aromatic carbocycles. The highest BCUT2D eigenvalue weighted by molar-refractivity contribution is 7.89. The van der Waals surface area contributed by atoms with Gasteiger partial charge in [-0.2, -0.15) is 4.31 Å². The van der Waals surface area contributed by atoms with Crippen molar-refractivity contribution in [2.75, 3.05) is 46.4 Å². The quantitative estimate of drug-likeness (QED) is 0.265. The Hall–Kier alpha value is -4.07. The van der Waals surface area contributed by atoms with E-state index < -0.39 is 32.8 Å². The number of methoxy groups -OCH3 is 1. The molecule has 0 amide bonds. The molecule has 13 heteroatoms.